The zero-order valence-corrected chi connectivity index (χ0v) is 17.7. The third kappa shape index (κ3) is 3.90. The lowest BCUT2D eigenvalue weighted by Gasteiger charge is -2.27. The SMILES string of the molecule is Cc1cc(-c2ccccc2)c2ccccc2c1N(CC(=O)O)S(=O)(=O)c1ccccc1. The summed E-state index contributed by atoms with van der Waals surface area (Å²) >= 11 is 0. The van der Waals surface area contributed by atoms with E-state index in [-0.39, 0.29) is 4.90 Å². The summed E-state index contributed by atoms with van der Waals surface area (Å²) < 4.78 is 28.0. The summed E-state index contributed by atoms with van der Waals surface area (Å²) in [5.41, 5.74) is 3.02. The molecular weight excluding hydrogens is 410 g/mol. The molecule has 4 rings (SSSR count). The molecule has 1 N–H and O–H groups in total. The largest absolute Gasteiger partial charge is 0.480 e. The van der Waals surface area contributed by atoms with Crippen molar-refractivity contribution in [2.75, 3.05) is 10.8 Å². The fourth-order valence-electron chi connectivity index (χ4n) is 3.81. The van der Waals surface area contributed by atoms with Crippen LogP contribution >= 0.6 is 0 Å². The van der Waals surface area contributed by atoms with Gasteiger partial charge in [0.2, 0.25) is 0 Å². The number of hydrogen-bond acceptors (Lipinski definition) is 3. The van der Waals surface area contributed by atoms with Gasteiger partial charge in [-0.2, -0.15) is 0 Å². The molecule has 4 aromatic rings. The number of benzene rings is 4. The predicted molar refractivity (Wildman–Crippen MR) is 123 cm³/mol. The summed E-state index contributed by atoms with van der Waals surface area (Å²) in [5.74, 6) is -1.23. The Kier molecular flexibility index (Phi) is 5.48. The van der Waals surface area contributed by atoms with E-state index in [1.807, 2.05) is 67.6 Å². The highest BCUT2D eigenvalue weighted by atomic mass is 32.2. The highest BCUT2D eigenvalue weighted by molar-refractivity contribution is 7.92. The molecule has 0 fully saturated rings. The van der Waals surface area contributed by atoms with Gasteiger partial charge in [-0.3, -0.25) is 9.10 Å². The first kappa shape index (κ1) is 20.6. The lowest BCUT2D eigenvalue weighted by molar-refractivity contribution is -0.135. The van der Waals surface area contributed by atoms with E-state index in [1.165, 1.54) is 12.1 Å². The van der Waals surface area contributed by atoms with Crippen LogP contribution in [0.15, 0.2) is 95.9 Å². The van der Waals surface area contributed by atoms with Crippen LogP contribution in [0.4, 0.5) is 5.69 Å². The van der Waals surface area contributed by atoms with E-state index in [9.17, 15) is 18.3 Å². The molecule has 0 amide bonds. The summed E-state index contributed by atoms with van der Waals surface area (Å²) in [5, 5.41) is 11.1. The zero-order valence-electron chi connectivity index (χ0n) is 16.9. The van der Waals surface area contributed by atoms with Gasteiger partial charge in [0.05, 0.1) is 10.6 Å². The number of carbonyl (C=O) groups is 1. The minimum absolute atomic E-state index is 0.0480. The Morgan fingerprint density at radius 3 is 2.00 bits per heavy atom. The van der Waals surface area contributed by atoms with Crippen molar-refractivity contribution in [3.8, 4) is 11.1 Å². The van der Waals surface area contributed by atoms with Crippen LogP contribution in [-0.2, 0) is 14.8 Å². The van der Waals surface area contributed by atoms with Gasteiger partial charge in [-0.25, -0.2) is 8.42 Å². The fraction of sp³-hybridized carbons (Fsp3) is 0.0800. The number of sulfonamides is 1. The Balaban J connectivity index is 2.01. The van der Waals surface area contributed by atoms with Crippen LogP contribution in [0.2, 0.25) is 0 Å². The van der Waals surface area contributed by atoms with Gasteiger partial charge in [-0.15, -0.1) is 0 Å². The topological polar surface area (TPSA) is 74.7 Å². The molecule has 0 saturated carbocycles. The molecule has 0 aliphatic heterocycles. The Morgan fingerprint density at radius 1 is 0.839 bits per heavy atom. The number of aliphatic carboxylic acids is 1. The van der Waals surface area contributed by atoms with Gasteiger partial charge in [-0.05, 0) is 47.2 Å². The summed E-state index contributed by atoms with van der Waals surface area (Å²) in [4.78, 5) is 11.7. The van der Waals surface area contributed by atoms with Crippen LogP contribution in [0.25, 0.3) is 21.9 Å². The lowest BCUT2D eigenvalue weighted by Crippen LogP contribution is -2.36. The first-order valence-electron chi connectivity index (χ1n) is 9.77. The molecule has 5 nitrogen and oxygen atoms in total. The van der Waals surface area contributed by atoms with E-state index in [0.29, 0.717) is 16.6 Å². The van der Waals surface area contributed by atoms with Gasteiger partial charge in [0.1, 0.15) is 6.54 Å². The van der Waals surface area contributed by atoms with Gasteiger partial charge >= 0.3 is 5.97 Å². The number of anilines is 1. The molecule has 0 radical (unpaired) electrons. The minimum Gasteiger partial charge on any atom is -0.480 e. The third-order valence-corrected chi connectivity index (χ3v) is 6.91. The Bertz CT molecular complexity index is 1350. The molecule has 6 heteroatoms. The summed E-state index contributed by atoms with van der Waals surface area (Å²) in [6.45, 7) is 1.14. The van der Waals surface area contributed by atoms with Crippen molar-refractivity contribution >= 4 is 32.5 Å². The number of rotatable bonds is 6. The Hall–Kier alpha value is -3.64. The number of hydrogen-bond donors (Lipinski definition) is 1. The molecule has 31 heavy (non-hydrogen) atoms. The van der Waals surface area contributed by atoms with E-state index in [2.05, 4.69) is 0 Å². The van der Waals surface area contributed by atoms with Crippen molar-refractivity contribution in [3.63, 3.8) is 0 Å². The smallest absolute Gasteiger partial charge is 0.324 e. The maximum absolute atomic E-state index is 13.5. The molecule has 0 spiro atoms. The number of nitrogens with zero attached hydrogens (tertiary/aromatic N) is 1. The van der Waals surface area contributed by atoms with Gasteiger partial charge < -0.3 is 5.11 Å². The zero-order chi connectivity index (χ0) is 22.0. The van der Waals surface area contributed by atoms with Crippen molar-refractivity contribution in [1.82, 2.24) is 0 Å². The highest BCUT2D eigenvalue weighted by Crippen LogP contribution is 2.39. The molecule has 0 bridgehead atoms. The van der Waals surface area contributed by atoms with Gasteiger partial charge in [0.15, 0.2) is 0 Å². The normalized spacial score (nSPS) is 11.4. The van der Waals surface area contributed by atoms with E-state index >= 15 is 0 Å². The van der Waals surface area contributed by atoms with E-state index in [0.717, 1.165) is 20.8 Å². The van der Waals surface area contributed by atoms with Crippen LogP contribution in [0.3, 0.4) is 0 Å². The van der Waals surface area contributed by atoms with Crippen LogP contribution in [0, 0.1) is 6.92 Å². The summed E-state index contributed by atoms with van der Waals surface area (Å²) in [7, 11) is -4.09. The quantitative estimate of drug-likeness (QED) is 0.461. The van der Waals surface area contributed by atoms with E-state index in [4.69, 9.17) is 0 Å². The fourth-order valence-corrected chi connectivity index (χ4v) is 5.33. The van der Waals surface area contributed by atoms with E-state index < -0.39 is 22.5 Å². The Morgan fingerprint density at radius 2 is 1.39 bits per heavy atom. The van der Waals surface area contributed by atoms with Crippen molar-refractivity contribution < 1.29 is 18.3 Å². The van der Waals surface area contributed by atoms with Crippen LogP contribution in [-0.4, -0.2) is 26.0 Å². The molecule has 0 aromatic heterocycles. The molecule has 0 heterocycles. The molecule has 0 atom stereocenters. The first-order chi connectivity index (χ1) is 14.9. The minimum atomic E-state index is -4.09. The molecule has 0 saturated heterocycles. The number of aryl methyl sites for hydroxylation is 1. The third-order valence-electron chi connectivity index (χ3n) is 5.15. The first-order valence-corrected chi connectivity index (χ1v) is 11.2. The summed E-state index contributed by atoms with van der Waals surface area (Å²) in [6, 6.07) is 27.1. The van der Waals surface area contributed by atoms with Crippen LogP contribution in [0.5, 0.6) is 0 Å². The van der Waals surface area contributed by atoms with Crippen molar-refractivity contribution in [2.24, 2.45) is 0 Å². The highest BCUT2D eigenvalue weighted by Gasteiger charge is 2.30. The molecular formula is C25H21NO4S. The van der Waals surface area contributed by atoms with Gasteiger partial charge in [0, 0.05) is 5.39 Å². The average Bonchev–Trinajstić information content (AvgIpc) is 2.78. The molecule has 0 unspecified atom stereocenters. The van der Waals surface area contributed by atoms with Crippen molar-refractivity contribution in [2.45, 2.75) is 11.8 Å². The molecule has 0 aliphatic rings. The number of carboxylic acids is 1. The maximum atomic E-state index is 13.5. The second-order valence-corrected chi connectivity index (χ2v) is 9.08. The van der Waals surface area contributed by atoms with Gasteiger partial charge in [-0.1, -0.05) is 72.8 Å². The molecule has 4 aromatic carbocycles. The standard InChI is InChI=1S/C25H21NO4S/c1-18-16-23(19-10-4-2-5-11-19)21-14-8-9-15-22(21)25(18)26(17-24(27)28)31(29,30)20-12-6-3-7-13-20/h2-16H,17H2,1H3,(H,27,28). The maximum Gasteiger partial charge on any atom is 0.324 e. The number of carboxylic acid groups (broad SMARTS) is 1. The van der Waals surface area contributed by atoms with Crippen molar-refractivity contribution in [1.29, 1.82) is 0 Å². The monoisotopic (exact) mass is 431 g/mol. The average molecular weight is 432 g/mol. The Labute approximate surface area is 181 Å². The van der Waals surface area contributed by atoms with Gasteiger partial charge in [0.25, 0.3) is 10.0 Å². The number of fused-ring (bicyclic) bond motifs is 1. The second kappa shape index (κ2) is 8.24. The summed E-state index contributed by atoms with van der Waals surface area (Å²) in [6.07, 6.45) is 0. The van der Waals surface area contributed by atoms with Crippen LogP contribution < -0.4 is 4.31 Å². The lowest BCUT2D eigenvalue weighted by atomic mass is 9.94. The molecule has 156 valence electrons. The molecule has 0 aliphatic carbocycles. The second-order valence-electron chi connectivity index (χ2n) is 7.22. The predicted octanol–water partition coefficient (Wildman–Crippen LogP) is 5.10. The van der Waals surface area contributed by atoms with Crippen molar-refractivity contribution in [3.05, 3.63) is 96.6 Å². The van der Waals surface area contributed by atoms with Crippen LogP contribution in [0.1, 0.15) is 5.56 Å². The van der Waals surface area contributed by atoms with E-state index in [1.54, 1.807) is 18.2 Å².